The van der Waals surface area contributed by atoms with Gasteiger partial charge < -0.3 is 19.1 Å². The van der Waals surface area contributed by atoms with Crippen molar-refractivity contribution in [2.24, 2.45) is 11.8 Å². The molecule has 0 saturated heterocycles. The number of unbranched alkanes of at least 4 members (excludes halogenated alkanes) is 20. The number of carbonyl (C=O) groups excluding carboxylic acids is 3. The number of hydrogen-bond donors (Lipinski definition) is 0. The Kier molecular flexibility index (Phi) is 46.1. The molecule has 0 aromatic heterocycles. The van der Waals surface area contributed by atoms with Gasteiger partial charge in [0.1, 0.15) is 6.10 Å². The summed E-state index contributed by atoms with van der Waals surface area (Å²) in [7, 11) is 0. The van der Waals surface area contributed by atoms with E-state index in [2.05, 4.69) is 46.4 Å². The van der Waals surface area contributed by atoms with Crippen LogP contribution in [0.15, 0.2) is 0 Å². The molecule has 0 aromatic rings. The van der Waals surface area contributed by atoms with E-state index in [1.807, 2.05) is 0 Å². The second kappa shape index (κ2) is 47.3. The fourth-order valence-electron chi connectivity index (χ4n) is 8.97. The van der Waals surface area contributed by atoms with Gasteiger partial charge in [-0.1, -0.05) is 208 Å². The van der Waals surface area contributed by atoms with Crippen LogP contribution in [0.2, 0.25) is 0 Å². The van der Waals surface area contributed by atoms with Crippen LogP contribution in [-0.2, 0) is 28.6 Å². The molecule has 0 saturated carbocycles. The average Bonchev–Trinajstić information content (AvgIpc) is 3.26. The summed E-state index contributed by atoms with van der Waals surface area (Å²) in [4.78, 5) is 40.0. The van der Waals surface area contributed by atoms with E-state index in [9.17, 15) is 14.4 Å². The van der Waals surface area contributed by atoms with Crippen LogP contribution in [0.4, 0.5) is 0 Å². The number of hydrogen-bond acceptors (Lipinski definition) is 7. The average molecular weight is 878 g/mol. The molecular weight excluding hydrogens is 771 g/mol. The van der Waals surface area contributed by atoms with Crippen LogP contribution in [0, 0.1) is 11.8 Å². The Labute approximate surface area is 386 Å². The Morgan fingerprint density at radius 3 is 1.03 bits per heavy atom. The quantitative estimate of drug-likeness (QED) is 0.0342. The van der Waals surface area contributed by atoms with Crippen LogP contribution in [0.25, 0.3) is 0 Å². The summed E-state index contributed by atoms with van der Waals surface area (Å²) in [6.07, 6.45) is 42.7. The summed E-state index contributed by atoms with van der Waals surface area (Å²) in [5, 5.41) is 0. The number of esters is 3. The third kappa shape index (κ3) is 41.1. The van der Waals surface area contributed by atoms with Crippen LogP contribution in [0.5, 0.6) is 0 Å². The number of rotatable bonds is 49. The molecule has 0 unspecified atom stereocenters. The highest BCUT2D eigenvalue weighted by molar-refractivity contribution is 5.70. The van der Waals surface area contributed by atoms with Gasteiger partial charge in [0.05, 0.1) is 13.2 Å². The van der Waals surface area contributed by atoms with E-state index >= 15 is 0 Å². The van der Waals surface area contributed by atoms with Crippen molar-refractivity contribution in [3.63, 3.8) is 0 Å². The van der Waals surface area contributed by atoms with Crippen molar-refractivity contribution in [1.29, 1.82) is 0 Å². The highest BCUT2D eigenvalue weighted by Gasteiger charge is 2.16. The second-order valence-corrected chi connectivity index (χ2v) is 19.0. The maximum absolute atomic E-state index is 12.8. The number of nitrogens with zero attached hydrogens (tertiary/aromatic N) is 1. The summed E-state index contributed by atoms with van der Waals surface area (Å²) in [6, 6.07) is 0. The molecule has 0 atom stereocenters. The SMILES string of the molecule is CCCCCC(CCCCC)CCOC(=O)CCCCCCCCCC(CCCCCCCCCC(=O)OCCC(CCCCC)CCCCC)OC(=O)CCCN(CC)CC. The minimum absolute atomic E-state index is 0.0156. The molecule has 0 heterocycles. The first-order chi connectivity index (χ1) is 30.3. The van der Waals surface area contributed by atoms with Gasteiger partial charge in [-0.25, -0.2) is 0 Å². The Hall–Kier alpha value is -1.63. The molecule has 0 fully saturated rings. The van der Waals surface area contributed by atoms with Gasteiger partial charge in [0.25, 0.3) is 0 Å². The summed E-state index contributed by atoms with van der Waals surface area (Å²) in [5.41, 5.74) is 0. The summed E-state index contributed by atoms with van der Waals surface area (Å²) in [6.45, 7) is 17.6. The van der Waals surface area contributed by atoms with E-state index in [1.165, 1.54) is 141 Å². The van der Waals surface area contributed by atoms with E-state index in [1.54, 1.807) is 0 Å². The highest BCUT2D eigenvalue weighted by atomic mass is 16.5. The van der Waals surface area contributed by atoms with Crippen molar-refractivity contribution in [3.05, 3.63) is 0 Å². The standard InChI is InChI=1S/C55H107NO6/c1-7-13-27-36-50(37-28-14-8-2)45-48-60-53(57)42-33-25-21-17-19-23-31-40-52(62-55(59)44-35-47-56(11-5)12-6)41-32-24-20-18-22-26-34-43-54(58)61-49-46-51(38-29-15-9-3)39-30-16-10-4/h50-52H,7-49H2,1-6H3. The van der Waals surface area contributed by atoms with Crippen molar-refractivity contribution in [2.45, 2.75) is 292 Å². The van der Waals surface area contributed by atoms with Crippen LogP contribution in [-0.4, -0.2) is 61.8 Å². The predicted octanol–water partition coefficient (Wildman–Crippen LogP) is 16.5. The van der Waals surface area contributed by atoms with E-state index < -0.39 is 0 Å². The summed E-state index contributed by atoms with van der Waals surface area (Å²) in [5.74, 6) is 1.35. The van der Waals surface area contributed by atoms with Crippen LogP contribution in [0.1, 0.15) is 286 Å². The molecule has 368 valence electrons. The third-order valence-electron chi connectivity index (χ3n) is 13.3. The van der Waals surface area contributed by atoms with Crippen LogP contribution >= 0.6 is 0 Å². The van der Waals surface area contributed by atoms with Crippen molar-refractivity contribution < 1.29 is 28.6 Å². The number of ether oxygens (including phenoxy) is 3. The summed E-state index contributed by atoms with van der Waals surface area (Å²) >= 11 is 0. The minimum Gasteiger partial charge on any atom is -0.466 e. The molecule has 0 aliphatic rings. The smallest absolute Gasteiger partial charge is 0.306 e. The Balaban J connectivity index is 4.33. The lowest BCUT2D eigenvalue weighted by Gasteiger charge is -2.20. The maximum Gasteiger partial charge on any atom is 0.306 e. The van der Waals surface area contributed by atoms with Gasteiger partial charge in [-0.2, -0.15) is 0 Å². The van der Waals surface area contributed by atoms with Gasteiger partial charge in [-0.3, -0.25) is 14.4 Å². The van der Waals surface area contributed by atoms with E-state index in [0.717, 1.165) is 103 Å². The largest absolute Gasteiger partial charge is 0.466 e. The topological polar surface area (TPSA) is 82.1 Å². The highest BCUT2D eigenvalue weighted by Crippen LogP contribution is 2.23. The molecule has 0 radical (unpaired) electrons. The molecule has 7 nitrogen and oxygen atoms in total. The minimum atomic E-state index is -0.0308. The zero-order chi connectivity index (χ0) is 45.6. The lowest BCUT2D eigenvalue weighted by atomic mass is 9.92. The van der Waals surface area contributed by atoms with Gasteiger partial charge in [-0.05, 0) is 89.3 Å². The Morgan fingerprint density at radius 2 is 0.677 bits per heavy atom. The lowest BCUT2D eigenvalue weighted by Crippen LogP contribution is -2.25. The maximum atomic E-state index is 12.8. The number of carbonyl (C=O) groups is 3. The van der Waals surface area contributed by atoms with Gasteiger partial charge in [0, 0.05) is 19.3 Å². The van der Waals surface area contributed by atoms with Crippen LogP contribution < -0.4 is 0 Å². The van der Waals surface area contributed by atoms with Gasteiger partial charge in [0.15, 0.2) is 0 Å². The normalized spacial score (nSPS) is 11.7. The summed E-state index contributed by atoms with van der Waals surface area (Å²) < 4.78 is 17.4. The molecule has 0 rings (SSSR count). The van der Waals surface area contributed by atoms with E-state index in [4.69, 9.17) is 14.2 Å². The van der Waals surface area contributed by atoms with Crippen molar-refractivity contribution in [1.82, 2.24) is 4.90 Å². The first-order valence-electron chi connectivity index (χ1n) is 27.6. The molecular formula is C55H107NO6. The zero-order valence-corrected chi connectivity index (χ0v) is 42.5. The fraction of sp³-hybridized carbons (Fsp3) is 0.945. The molecule has 0 N–H and O–H groups in total. The molecule has 0 bridgehead atoms. The molecule has 7 heteroatoms. The molecule has 0 aliphatic heterocycles. The molecule has 0 spiro atoms. The van der Waals surface area contributed by atoms with Gasteiger partial charge in [0.2, 0.25) is 0 Å². The van der Waals surface area contributed by atoms with E-state index in [0.29, 0.717) is 44.3 Å². The molecule has 0 amide bonds. The first-order valence-corrected chi connectivity index (χ1v) is 27.6. The molecule has 0 aliphatic carbocycles. The second-order valence-electron chi connectivity index (χ2n) is 19.0. The lowest BCUT2D eigenvalue weighted by molar-refractivity contribution is -0.150. The third-order valence-corrected chi connectivity index (χ3v) is 13.3. The van der Waals surface area contributed by atoms with Crippen LogP contribution in [0.3, 0.4) is 0 Å². The van der Waals surface area contributed by atoms with Crippen molar-refractivity contribution in [2.75, 3.05) is 32.8 Å². The monoisotopic (exact) mass is 878 g/mol. The van der Waals surface area contributed by atoms with Crippen molar-refractivity contribution in [3.8, 4) is 0 Å². The van der Waals surface area contributed by atoms with Gasteiger partial charge >= 0.3 is 17.9 Å². The Bertz CT molecular complexity index is 889. The fourth-order valence-corrected chi connectivity index (χ4v) is 8.97. The van der Waals surface area contributed by atoms with Crippen molar-refractivity contribution >= 4 is 17.9 Å². The zero-order valence-electron chi connectivity index (χ0n) is 42.5. The molecule has 62 heavy (non-hydrogen) atoms. The van der Waals surface area contributed by atoms with Gasteiger partial charge in [-0.15, -0.1) is 0 Å². The predicted molar refractivity (Wildman–Crippen MR) is 265 cm³/mol. The molecule has 0 aromatic carbocycles. The first kappa shape index (κ1) is 60.4. The Morgan fingerprint density at radius 1 is 0.355 bits per heavy atom. The van der Waals surface area contributed by atoms with E-state index in [-0.39, 0.29) is 24.0 Å².